The molecule has 15 heavy (non-hydrogen) atoms. The SMILES string of the molecule is C[C@H]1OCCN[C@@H]1C(=O)N1CC[C@H](N)C1. The van der Waals surface area contributed by atoms with Gasteiger partial charge in [0.1, 0.15) is 6.04 Å². The fourth-order valence-electron chi connectivity index (χ4n) is 2.19. The summed E-state index contributed by atoms with van der Waals surface area (Å²) in [6.45, 7) is 4.84. The van der Waals surface area contributed by atoms with Gasteiger partial charge < -0.3 is 20.7 Å². The molecule has 2 rings (SSSR count). The number of nitrogens with zero attached hydrogens (tertiary/aromatic N) is 1. The molecule has 3 atom stereocenters. The molecule has 2 saturated heterocycles. The number of hydrogen-bond donors (Lipinski definition) is 2. The largest absolute Gasteiger partial charge is 0.375 e. The topological polar surface area (TPSA) is 67.6 Å². The zero-order valence-corrected chi connectivity index (χ0v) is 9.11. The summed E-state index contributed by atoms with van der Waals surface area (Å²) >= 11 is 0. The molecule has 0 radical (unpaired) electrons. The summed E-state index contributed by atoms with van der Waals surface area (Å²) in [4.78, 5) is 13.9. The Kier molecular flexibility index (Phi) is 3.23. The number of ether oxygens (including phenoxy) is 1. The quantitative estimate of drug-likeness (QED) is 0.581. The monoisotopic (exact) mass is 213 g/mol. The van der Waals surface area contributed by atoms with Gasteiger partial charge in [0.05, 0.1) is 12.7 Å². The zero-order chi connectivity index (χ0) is 10.8. The van der Waals surface area contributed by atoms with Gasteiger partial charge in [0, 0.05) is 25.7 Å². The number of carbonyl (C=O) groups excluding carboxylic acids is 1. The van der Waals surface area contributed by atoms with Crippen LogP contribution in [-0.4, -0.2) is 55.2 Å². The van der Waals surface area contributed by atoms with Crippen molar-refractivity contribution in [3.05, 3.63) is 0 Å². The van der Waals surface area contributed by atoms with E-state index >= 15 is 0 Å². The van der Waals surface area contributed by atoms with Crippen LogP contribution in [0.1, 0.15) is 13.3 Å². The molecule has 2 fully saturated rings. The first-order valence-corrected chi connectivity index (χ1v) is 5.58. The lowest BCUT2D eigenvalue weighted by Crippen LogP contribution is -2.56. The number of hydrogen-bond acceptors (Lipinski definition) is 4. The predicted molar refractivity (Wildman–Crippen MR) is 56.4 cm³/mol. The molecule has 3 N–H and O–H groups in total. The standard InChI is InChI=1S/C10H19N3O2/c1-7-9(12-3-5-15-7)10(14)13-4-2-8(11)6-13/h7-9,12H,2-6,11H2,1H3/t7-,8+,9+/m1/s1. The molecule has 5 nitrogen and oxygen atoms in total. The molecule has 0 unspecified atom stereocenters. The number of amides is 1. The molecule has 0 spiro atoms. The second-order valence-corrected chi connectivity index (χ2v) is 4.34. The van der Waals surface area contributed by atoms with Crippen molar-refractivity contribution in [1.29, 1.82) is 0 Å². The van der Waals surface area contributed by atoms with Crippen molar-refractivity contribution >= 4 is 5.91 Å². The number of likely N-dealkylation sites (tertiary alicyclic amines) is 1. The Morgan fingerprint density at radius 2 is 2.40 bits per heavy atom. The Hall–Kier alpha value is -0.650. The normalized spacial score (nSPS) is 36.9. The van der Waals surface area contributed by atoms with Crippen molar-refractivity contribution in [1.82, 2.24) is 10.2 Å². The summed E-state index contributed by atoms with van der Waals surface area (Å²) in [7, 11) is 0. The maximum atomic E-state index is 12.1. The third kappa shape index (κ3) is 2.30. The van der Waals surface area contributed by atoms with Crippen molar-refractivity contribution in [3.8, 4) is 0 Å². The molecule has 0 aromatic heterocycles. The first-order valence-electron chi connectivity index (χ1n) is 5.58. The highest BCUT2D eigenvalue weighted by Crippen LogP contribution is 2.13. The van der Waals surface area contributed by atoms with E-state index in [1.165, 1.54) is 0 Å². The molecule has 0 aliphatic carbocycles. The lowest BCUT2D eigenvalue weighted by atomic mass is 10.1. The molecule has 2 aliphatic rings. The van der Waals surface area contributed by atoms with Crippen molar-refractivity contribution in [2.75, 3.05) is 26.2 Å². The minimum Gasteiger partial charge on any atom is -0.375 e. The summed E-state index contributed by atoms with van der Waals surface area (Å²) in [6, 6.07) is -0.0437. The molecule has 2 heterocycles. The lowest BCUT2D eigenvalue weighted by Gasteiger charge is -2.32. The van der Waals surface area contributed by atoms with Gasteiger partial charge in [-0.25, -0.2) is 0 Å². The molecule has 0 bridgehead atoms. The zero-order valence-electron chi connectivity index (χ0n) is 9.11. The Morgan fingerprint density at radius 1 is 1.60 bits per heavy atom. The Balaban J connectivity index is 1.94. The maximum Gasteiger partial charge on any atom is 0.242 e. The van der Waals surface area contributed by atoms with E-state index < -0.39 is 0 Å². The van der Waals surface area contributed by atoms with E-state index in [0.717, 1.165) is 19.5 Å². The first kappa shape index (κ1) is 10.9. The van der Waals surface area contributed by atoms with Gasteiger partial charge in [0.15, 0.2) is 0 Å². The molecule has 86 valence electrons. The van der Waals surface area contributed by atoms with Crippen LogP contribution in [0.4, 0.5) is 0 Å². The van der Waals surface area contributed by atoms with E-state index in [1.807, 2.05) is 11.8 Å². The molecule has 2 aliphatic heterocycles. The van der Waals surface area contributed by atoms with E-state index in [-0.39, 0.29) is 24.1 Å². The molecule has 0 aromatic rings. The summed E-state index contributed by atoms with van der Waals surface area (Å²) in [6.07, 6.45) is 0.872. The third-order valence-corrected chi connectivity index (χ3v) is 3.12. The van der Waals surface area contributed by atoms with Crippen molar-refractivity contribution < 1.29 is 9.53 Å². The highest BCUT2D eigenvalue weighted by molar-refractivity contribution is 5.83. The van der Waals surface area contributed by atoms with E-state index in [1.54, 1.807) is 0 Å². The van der Waals surface area contributed by atoms with Crippen LogP contribution in [0.25, 0.3) is 0 Å². The first-order chi connectivity index (χ1) is 7.18. The molecule has 5 heteroatoms. The number of nitrogens with one attached hydrogen (secondary N) is 1. The van der Waals surface area contributed by atoms with Crippen molar-refractivity contribution in [2.24, 2.45) is 5.73 Å². The van der Waals surface area contributed by atoms with Crippen LogP contribution in [-0.2, 0) is 9.53 Å². The predicted octanol–water partition coefficient (Wildman–Crippen LogP) is -1.08. The number of rotatable bonds is 1. The van der Waals surface area contributed by atoms with Crippen LogP contribution in [0, 0.1) is 0 Å². The van der Waals surface area contributed by atoms with E-state index in [9.17, 15) is 4.79 Å². The van der Waals surface area contributed by atoms with Crippen molar-refractivity contribution in [2.45, 2.75) is 31.5 Å². The van der Waals surface area contributed by atoms with Gasteiger partial charge in [-0.3, -0.25) is 4.79 Å². The van der Waals surface area contributed by atoms with Gasteiger partial charge in [-0.15, -0.1) is 0 Å². The summed E-state index contributed by atoms with van der Waals surface area (Å²) in [5.74, 6) is 0.134. The molecular formula is C10H19N3O2. The van der Waals surface area contributed by atoms with E-state index in [2.05, 4.69) is 5.32 Å². The average Bonchev–Trinajstić information content (AvgIpc) is 2.65. The van der Waals surface area contributed by atoms with E-state index in [0.29, 0.717) is 13.2 Å². The minimum absolute atomic E-state index is 0.0388. The van der Waals surface area contributed by atoms with Crippen LogP contribution in [0.15, 0.2) is 0 Å². The number of morpholine rings is 1. The summed E-state index contributed by atoms with van der Waals surface area (Å²) in [5, 5.41) is 3.20. The van der Waals surface area contributed by atoms with Gasteiger partial charge in [0.2, 0.25) is 5.91 Å². The molecule has 1 amide bonds. The Morgan fingerprint density at radius 3 is 3.00 bits per heavy atom. The maximum absolute atomic E-state index is 12.1. The van der Waals surface area contributed by atoms with Gasteiger partial charge in [0.25, 0.3) is 0 Å². The Labute approximate surface area is 89.9 Å². The summed E-state index contributed by atoms with van der Waals surface area (Å²) < 4.78 is 5.46. The fourth-order valence-corrected chi connectivity index (χ4v) is 2.19. The highest BCUT2D eigenvalue weighted by atomic mass is 16.5. The number of carbonyl (C=O) groups is 1. The second-order valence-electron chi connectivity index (χ2n) is 4.34. The Bertz CT molecular complexity index is 247. The molecule has 0 saturated carbocycles. The minimum atomic E-state index is -0.191. The highest BCUT2D eigenvalue weighted by Gasteiger charge is 2.34. The van der Waals surface area contributed by atoms with Crippen LogP contribution in [0.2, 0.25) is 0 Å². The van der Waals surface area contributed by atoms with Gasteiger partial charge in [-0.2, -0.15) is 0 Å². The van der Waals surface area contributed by atoms with Crippen LogP contribution in [0.3, 0.4) is 0 Å². The molecular weight excluding hydrogens is 194 g/mol. The second kappa shape index (κ2) is 4.47. The van der Waals surface area contributed by atoms with Crippen LogP contribution in [0.5, 0.6) is 0 Å². The summed E-state index contributed by atoms with van der Waals surface area (Å²) in [5.41, 5.74) is 5.78. The van der Waals surface area contributed by atoms with Gasteiger partial charge in [-0.05, 0) is 13.3 Å². The smallest absolute Gasteiger partial charge is 0.242 e. The average molecular weight is 213 g/mol. The van der Waals surface area contributed by atoms with E-state index in [4.69, 9.17) is 10.5 Å². The third-order valence-electron chi connectivity index (χ3n) is 3.12. The van der Waals surface area contributed by atoms with Gasteiger partial charge in [-0.1, -0.05) is 0 Å². The molecule has 0 aromatic carbocycles. The lowest BCUT2D eigenvalue weighted by molar-refractivity contribution is -0.138. The fraction of sp³-hybridized carbons (Fsp3) is 0.900. The van der Waals surface area contributed by atoms with Gasteiger partial charge >= 0.3 is 0 Å². The van der Waals surface area contributed by atoms with Crippen molar-refractivity contribution in [3.63, 3.8) is 0 Å². The van der Waals surface area contributed by atoms with Crippen LogP contribution >= 0.6 is 0 Å². The number of nitrogens with two attached hydrogens (primary N) is 1. The van der Waals surface area contributed by atoms with Crippen LogP contribution < -0.4 is 11.1 Å².